The van der Waals surface area contributed by atoms with Crippen molar-refractivity contribution in [3.05, 3.63) is 130 Å². The smallest absolute Gasteiger partial charge is 0.255 e. The van der Waals surface area contributed by atoms with Crippen LogP contribution in [0, 0.1) is 13.8 Å². The monoisotopic (exact) mass is 1160 g/mol. The third-order valence-corrected chi connectivity index (χ3v) is 14.4. The largest absolute Gasteiger partial charge is 0.492 e. The molecule has 2 amide bonds. The molecule has 4 aromatic heterocycles. The van der Waals surface area contributed by atoms with E-state index in [9.17, 15) is 26.4 Å². The highest BCUT2D eigenvalue weighted by Gasteiger charge is 2.26. The van der Waals surface area contributed by atoms with Crippen molar-refractivity contribution >= 4 is 54.6 Å². The fraction of sp³-hybridized carbons (Fsp3) is 0.379. The molecule has 24 heteroatoms. The molecule has 0 radical (unpaired) electrons. The lowest BCUT2D eigenvalue weighted by Gasteiger charge is -2.24. The van der Waals surface area contributed by atoms with E-state index in [2.05, 4.69) is 83.5 Å². The van der Waals surface area contributed by atoms with Gasteiger partial charge in [-0.1, -0.05) is 84.9 Å². The molecule has 4 heterocycles. The van der Waals surface area contributed by atoms with E-state index < -0.39 is 31.9 Å². The van der Waals surface area contributed by atoms with Crippen molar-refractivity contribution in [1.29, 1.82) is 0 Å². The molecule has 0 fully saturated rings. The minimum absolute atomic E-state index is 0.208. The van der Waals surface area contributed by atoms with E-state index in [0.29, 0.717) is 45.3 Å². The van der Waals surface area contributed by atoms with Gasteiger partial charge in [-0.2, -0.15) is 5.10 Å². The molecule has 0 saturated heterocycles. The molecule has 0 atom stereocenters. The average Bonchev–Trinajstić information content (AvgIpc) is 3.51. The van der Waals surface area contributed by atoms with Crippen molar-refractivity contribution in [1.82, 2.24) is 49.7 Å². The lowest BCUT2D eigenvalue weighted by atomic mass is 9.86. The standard InChI is InChI=1S/C31H41N7O4S.C27H33N7O4S/c1-18(2)28-23(16-32-38(28)19(3)4)26-17-37(36-34-26)27-13-21(12-11-20(27)5)30(39)33-24-14-22(31(6,7)8)15-25(29(24)42-9)35-43(10,40)41;1-8-24-28-14-21(29-24)22-15-34(33-31-22)23-11-17(10-9-16(23)2)26(35)30-19-12-18(27(3,4)5)13-20(25(19)38-6)32-39(7,36)37/h11-19,35H,1-10H3,(H,33,39);9-15,32H,8H2,1-7H3,(H,28,29)(H,30,35). The number of aryl methyl sites for hydroxylation is 3. The quantitative estimate of drug-likeness (QED) is 0.0567. The number of hydrogen-bond donors (Lipinski definition) is 5. The van der Waals surface area contributed by atoms with Crippen molar-refractivity contribution < 1.29 is 35.9 Å². The van der Waals surface area contributed by atoms with Crippen LogP contribution in [-0.4, -0.2) is 105 Å². The zero-order valence-electron chi connectivity index (χ0n) is 49.6. The van der Waals surface area contributed by atoms with Crippen LogP contribution >= 0.6 is 0 Å². The first-order chi connectivity index (χ1) is 38.3. The fourth-order valence-electron chi connectivity index (χ4n) is 8.92. The number of amides is 2. The second kappa shape index (κ2) is 24.0. The number of nitrogens with zero attached hydrogens (tertiary/aromatic N) is 9. The maximum absolute atomic E-state index is 13.6. The Bertz CT molecular complexity index is 3900. The van der Waals surface area contributed by atoms with Gasteiger partial charge in [0, 0.05) is 29.2 Å². The summed E-state index contributed by atoms with van der Waals surface area (Å²) in [5.74, 6) is 0.726. The lowest BCUT2D eigenvalue weighted by Crippen LogP contribution is -2.18. The Kier molecular flexibility index (Phi) is 17.9. The Morgan fingerprint density at radius 2 is 1.09 bits per heavy atom. The molecule has 8 rings (SSSR count). The van der Waals surface area contributed by atoms with Gasteiger partial charge in [-0.05, 0) is 115 Å². The van der Waals surface area contributed by atoms with Crippen molar-refractivity contribution in [2.45, 2.75) is 119 Å². The van der Waals surface area contributed by atoms with Crippen molar-refractivity contribution in [3.8, 4) is 45.5 Å². The van der Waals surface area contributed by atoms with Crippen LogP contribution in [-0.2, 0) is 37.3 Å². The van der Waals surface area contributed by atoms with Crippen LogP contribution in [0.4, 0.5) is 22.7 Å². The molecule has 0 aliphatic heterocycles. The first-order valence-corrected chi connectivity index (χ1v) is 30.3. The molecule has 436 valence electrons. The summed E-state index contributed by atoms with van der Waals surface area (Å²) in [4.78, 5) is 34.5. The van der Waals surface area contributed by atoms with Gasteiger partial charge in [-0.25, -0.2) is 31.2 Å². The summed E-state index contributed by atoms with van der Waals surface area (Å²) in [7, 11) is -4.35. The van der Waals surface area contributed by atoms with Gasteiger partial charge >= 0.3 is 0 Å². The van der Waals surface area contributed by atoms with E-state index in [-0.39, 0.29) is 45.7 Å². The van der Waals surface area contributed by atoms with E-state index in [4.69, 9.17) is 9.47 Å². The predicted octanol–water partition coefficient (Wildman–Crippen LogP) is 10.5. The number of imidazole rings is 1. The third kappa shape index (κ3) is 14.4. The predicted molar refractivity (Wildman–Crippen MR) is 321 cm³/mol. The summed E-state index contributed by atoms with van der Waals surface area (Å²) in [6.07, 6.45) is 10.1. The second-order valence-electron chi connectivity index (χ2n) is 22.7. The number of hydrogen-bond acceptors (Lipinski definition) is 14. The number of carbonyl (C=O) groups is 2. The maximum Gasteiger partial charge on any atom is 0.255 e. The molecule has 0 saturated carbocycles. The van der Waals surface area contributed by atoms with E-state index in [1.807, 2.05) is 91.5 Å². The highest BCUT2D eigenvalue weighted by Crippen LogP contribution is 2.41. The molecular formula is C58H74N14O8S2. The number of benzene rings is 4. The van der Waals surface area contributed by atoms with Crippen LogP contribution in [0.25, 0.3) is 34.0 Å². The van der Waals surface area contributed by atoms with Gasteiger partial charge in [0.05, 0.1) is 97.0 Å². The number of rotatable bonds is 17. The number of anilines is 4. The Balaban J connectivity index is 0.000000237. The van der Waals surface area contributed by atoms with Crippen molar-refractivity contribution in [2.24, 2.45) is 0 Å². The number of aromatic nitrogens is 10. The topological polar surface area (TPSA) is 277 Å². The van der Waals surface area contributed by atoms with Crippen LogP contribution < -0.4 is 29.6 Å². The number of nitrogens with one attached hydrogen (secondary N) is 5. The van der Waals surface area contributed by atoms with E-state index in [0.717, 1.165) is 64.0 Å². The van der Waals surface area contributed by atoms with Crippen LogP contribution in [0.3, 0.4) is 0 Å². The molecule has 5 N–H and O–H groups in total. The summed E-state index contributed by atoms with van der Waals surface area (Å²) < 4.78 is 69.6. The number of carbonyl (C=O) groups excluding carboxylic acids is 2. The van der Waals surface area contributed by atoms with Crippen LogP contribution in [0.2, 0.25) is 0 Å². The van der Waals surface area contributed by atoms with Gasteiger partial charge < -0.3 is 25.1 Å². The maximum atomic E-state index is 13.6. The summed E-state index contributed by atoms with van der Waals surface area (Å²) in [5.41, 5.74) is 10.2. The summed E-state index contributed by atoms with van der Waals surface area (Å²) in [5, 5.41) is 27.8. The molecular weight excluding hydrogens is 1080 g/mol. The van der Waals surface area contributed by atoms with Gasteiger partial charge in [-0.3, -0.25) is 23.7 Å². The first kappa shape index (κ1) is 61.2. The SMILES string of the molecule is CCc1ncc(-c2cn(-c3cc(C(=O)Nc4cc(C(C)(C)C)cc(NS(C)(=O)=O)c4OC)ccc3C)nn2)[nH]1.COc1c(NC(=O)c2ccc(C)c(-n3cc(-c4cnn(C(C)C)c4C(C)C)nn3)c2)cc(C(C)(C)C)cc1NS(C)(=O)=O. The Hall–Kier alpha value is -8.38. The van der Waals surface area contributed by atoms with Gasteiger partial charge in [0.25, 0.3) is 11.8 Å². The van der Waals surface area contributed by atoms with Crippen LogP contribution in [0.5, 0.6) is 11.5 Å². The summed E-state index contributed by atoms with van der Waals surface area (Å²) >= 11 is 0. The van der Waals surface area contributed by atoms with Gasteiger partial charge in [-0.15, -0.1) is 10.2 Å². The average molecular weight is 1160 g/mol. The first-order valence-electron chi connectivity index (χ1n) is 26.5. The number of sulfonamides is 2. The fourth-order valence-corrected chi connectivity index (χ4v) is 10.0. The highest BCUT2D eigenvalue weighted by atomic mass is 32.2. The van der Waals surface area contributed by atoms with Gasteiger partial charge in [0.15, 0.2) is 11.5 Å². The summed E-state index contributed by atoms with van der Waals surface area (Å²) in [6, 6.07) is 17.8. The van der Waals surface area contributed by atoms with Gasteiger partial charge in [0.1, 0.15) is 17.2 Å². The second-order valence-corrected chi connectivity index (χ2v) is 26.2. The molecule has 0 aliphatic carbocycles. The molecule has 82 heavy (non-hydrogen) atoms. The molecule has 0 unspecified atom stereocenters. The normalized spacial score (nSPS) is 12.0. The third-order valence-electron chi connectivity index (χ3n) is 13.2. The van der Waals surface area contributed by atoms with E-state index >= 15 is 0 Å². The molecule has 0 bridgehead atoms. The van der Waals surface area contributed by atoms with Crippen LogP contribution in [0.15, 0.2) is 85.5 Å². The Labute approximate surface area is 479 Å². The molecule has 8 aromatic rings. The van der Waals surface area contributed by atoms with Crippen molar-refractivity contribution in [3.63, 3.8) is 0 Å². The number of ether oxygens (including phenoxy) is 2. The molecule has 22 nitrogen and oxygen atoms in total. The Morgan fingerprint density at radius 3 is 1.48 bits per heavy atom. The zero-order valence-corrected chi connectivity index (χ0v) is 51.2. The number of aromatic amines is 1. The minimum atomic E-state index is -3.60. The highest BCUT2D eigenvalue weighted by molar-refractivity contribution is 7.92. The van der Waals surface area contributed by atoms with Gasteiger partial charge in [0.2, 0.25) is 20.0 Å². The number of H-pyrrole nitrogens is 1. The van der Waals surface area contributed by atoms with Crippen molar-refractivity contribution in [2.75, 3.05) is 46.8 Å². The minimum Gasteiger partial charge on any atom is -0.492 e. The molecule has 0 spiro atoms. The zero-order chi connectivity index (χ0) is 60.4. The van der Waals surface area contributed by atoms with E-state index in [1.54, 1.807) is 70.3 Å². The molecule has 0 aliphatic rings. The van der Waals surface area contributed by atoms with E-state index in [1.165, 1.54) is 14.2 Å². The number of methoxy groups -OCH3 is 2. The lowest BCUT2D eigenvalue weighted by molar-refractivity contribution is 0.101. The van der Waals surface area contributed by atoms with Crippen LogP contribution in [0.1, 0.15) is 143 Å². The molecule has 4 aromatic carbocycles. The summed E-state index contributed by atoms with van der Waals surface area (Å²) in [6.45, 7) is 26.3. The Morgan fingerprint density at radius 1 is 0.646 bits per heavy atom.